The van der Waals surface area contributed by atoms with E-state index in [4.69, 9.17) is 10.5 Å². The van der Waals surface area contributed by atoms with Gasteiger partial charge in [0.1, 0.15) is 12.6 Å². The lowest BCUT2D eigenvalue weighted by Crippen LogP contribution is -2.42. The van der Waals surface area contributed by atoms with Crippen molar-refractivity contribution in [1.82, 2.24) is 5.32 Å². The molecule has 0 radical (unpaired) electrons. The number of carbonyl (C=O) groups excluding carboxylic acids is 2. The van der Waals surface area contributed by atoms with E-state index in [0.717, 1.165) is 5.56 Å². The molecule has 0 aromatic heterocycles. The van der Waals surface area contributed by atoms with Crippen molar-refractivity contribution in [3.63, 3.8) is 0 Å². The minimum atomic E-state index is -0.730. The van der Waals surface area contributed by atoms with Gasteiger partial charge in [0.2, 0.25) is 0 Å². The first-order chi connectivity index (χ1) is 9.67. The Bertz CT molecular complexity index is 422. The number of benzene rings is 1. The Morgan fingerprint density at radius 1 is 1.30 bits per heavy atom. The number of nitrogens with one attached hydrogen (secondary N) is 1. The van der Waals surface area contributed by atoms with Crippen molar-refractivity contribution in [3.05, 3.63) is 35.9 Å². The van der Waals surface area contributed by atoms with Gasteiger partial charge in [-0.15, -0.1) is 0 Å². The van der Waals surface area contributed by atoms with Crippen LogP contribution in [-0.4, -0.2) is 31.8 Å². The topological polar surface area (TPSA) is 90.6 Å². The Hall–Kier alpha value is -2.08. The maximum absolute atomic E-state index is 11.6. The van der Waals surface area contributed by atoms with Crippen LogP contribution in [0.5, 0.6) is 0 Å². The van der Waals surface area contributed by atoms with E-state index in [9.17, 15) is 9.59 Å². The summed E-state index contributed by atoms with van der Waals surface area (Å²) in [7, 11) is 1.27. The van der Waals surface area contributed by atoms with Crippen LogP contribution >= 0.6 is 0 Å². The zero-order valence-electron chi connectivity index (χ0n) is 11.5. The lowest BCUT2D eigenvalue weighted by atomic mass is 10.1. The Morgan fingerprint density at radius 2 is 2.00 bits per heavy atom. The van der Waals surface area contributed by atoms with Crippen molar-refractivity contribution >= 4 is 12.1 Å². The highest BCUT2D eigenvalue weighted by Gasteiger charge is 2.21. The van der Waals surface area contributed by atoms with Crippen LogP contribution in [0, 0.1) is 0 Å². The molecule has 0 heterocycles. The fraction of sp³-hybridized carbons (Fsp3) is 0.429. The minimum Gasteiger partial charge on any atom is -0.467 e. The average Bonchev–Trinajstić information content (AvgIpc) is 2.49. The lowest BCUT2D eigenvalue weighted by Gasteiger charge is -2.16. The van der Waals surface area contributed by atoms with Crippen LogP contribution in [0.1, 0.15) is 18.4 Å². The molecular formula is C14H20N2O4. The molecule has 0 aliphatic rings. The van der Waals surface area contributed by atoms with Crippen LogP contribution in [0.4, 0.5) is 4.79 Å². The molecule has 0 saturated heterocycles. The SMILES string of the molecule is COC(=O)[C@@H](CCCN)NC(=O)OCc1ccccc1. The predicted molar refractivity (Wildman–Crippen MR) is 73.9 cm³/mol. The largest absolute Gasteiger partial charge is 0.467 e. The lowest BCUT2D eigenvalue weighted by molar-refractivity contribution is -0.143. The molecule has 0 fully saturated rings. The van der Waals surface area contributed by atoms with E-state index in [1.165, 1.54) is 7.11 Å². The third-order valence-electron chi connectivity index (χ3n) is 2.69. The molecule has 1 rings (SSSR count). The molecule has 0 aliphatic heterocycles. The molecule has 6 heteroatoms. The second-order valence-corrected chi connectivity index (χ2v) is 4.21. The number of alkyl carbamates (subject to hydrolysis) is 1. The number of carbonyl (C=O) groups is 2. The van der Waals surface area contributed by atoms with Gasteiger partial charge in [-0.3, -0.25) is 0 Å². The van der Waals surface area contributed by atoms with Crippen LogP contribution in [0.2, 0.25) is 0 Å². The Balaban J connectivity index is 2.43. The molecule has 110 valence electrons. The monoisotopic (exact) mass is 280 g/mol. The van der Waals surface area contributed by atoms with Crippen LogP contribution in [-0.2, 0) is 20.9 Å². The van der Waals surface area contributed by atoms with Gasteiger partial charge < -0.3 is 20.5 Å². The summed E-state index contributed by atoms with van der Waals surface area (Å²) in [5, 5.41) is 2.48. The highest BCUT2D eigenvalue weighted by Crippen LogP contribution is 2.03. The number of amides is 1. The van der Waals surface area contributed by atoms with Gasteiger partial charge in [0, 0.05) is 0 Å². The molecule has 1 aromatic rings. The predicted octanol–water partition coefficient (Wildman–Crippen LogP) is 1.19. The molecule has 1 amide bonds. The van der Waals surface area contributed by atoms with Gasteiger partial charge in [-0.1, -0.05) is 30.3 Å². The van der Waals surface area contributed by atoms with Gasteiger partial charge >= 0.3 is 12.1 Å². The molecule has 3 N–H and O–H groups in total. The first-order valence-corrected chi connectivity index (χ1v) is 6.42. The highest BCUT2D eigenvalue weighted by atomic mass is 16.6. The summed E-state index contributed by atoms with van der Waals surface area (Å²) in [6.45, 7) is 0.589. The number of ether oxygens (including phenoxy) is 2. The first kappa shape index (κ1) is 16.0. The van der Waals surface area contributed by atoms with Gasteiger partial charge in [-0.25, -0.2) is 9.59 Å². The molecule has 1 aromatic carbocycles. The summed E-state index contributed by atoms with van der Waals surface area (Å²) in [4.78, 5) is 23.1. The Morgan fingerprint density at radius 3 is 2.60 bits per heavy atom. The van der Waals surface area contributed by atoms with E-state index < -0.39 is 18.1 Å². The molecule has 0 saturated carbocycles. The van der Waals surface area contributed by atoms with Crippen molar-refractivity contribution in [2.45, 2.75) is 25.5 Å². The highest BCUT2D eigenvalue weighted by molar-refractivity contribution is 5.81. The normalized spacial score (nSPS) is 11.5. The Labute approximate surface area is 118 Å². The molecule has 0 unspecified atom stereocenters. The van der Waals surface area contributed by atoms with Crippen molar-refractivity contribution < 1.29 is 19.1 Å². The smallest absolute Gasteiger partial charge is 0.408 e. The zero-order chi connectivity index (χ0) is 14.8. The second kappa shape index (κ2) is 8.92. The molecule has 1 atom stereocenters. The number of nitrogens with two attached hydrogens (primary N) is 1. The van der Waals surface area contributed by atoms with E-state index in [-0.39, 0.29) is 6.61 Å². The van der Waals surface area contributed by atoms with E-state index in [2.05, 4.69) is 10.1 Å². The van der Waals surface area contributed by atoms with Crippen LogP contribution in [0.25, 0.3) is 0 Å². The van der Waals surface area contributed by atoms with E-state index in [1.807, 2.05) is 30.3 Å². The minimum absolute atomic E-state index is 0.150. The quantitative estimate of drug-likeness (QED) is 0.732. The van der Waals surface area contributed by atoms with Crippen molar-refractivity contribution in [2.75, 3.05) is 13.7 Å². The summed E-state index contributed by atoms with van der Waals surface area (Å²) in [6.07, 6.45) is 0.379. The van der Waals surface area contributed by atoms with Gasteiger partial charge in [0.15, 0.2) is 0 Å². The second-order valence-electron chi connectivity index (χ2n) is 4.21. The number of esters is 1. The molecule has 0 spiro atoms. The molecule has 20 heavy (non-hydrogen) atoms. The zero-order valence-corrected chi connectivity index (χ0v) is 11.5. The molecule has 6 nitrogen and oxygen atoms in total. The van der Waals surface area contributed by atoms with E-state index in [1.54, 1.807) is 0 Å². The molecule has 0 aliphatic carbocycles. The maximum Gasteiger partial charge on any atom is 0.408 e. The third kappa shape index (κ3) is 5.71. The van der Waals surface area contributed by atoms with Crippen molar-refractivity contribution in [1.29, 1.82) is 0 Å². The standard InChI is InChI=1S/C14H20N2O4/c1-19-13(17)12(8-5-9-15)16-14(18)20-10-11-6-3-2-4-7-11/h2-4,6-7,12H,5,8-10,15H2,1H3,(H,16,18)/t12-/m1/s1. The number of rotatable bonds is 7. The van der Waals surface area contributed by atoms with E-state index >= 15 is 0 Å². The van der Waals surface area contributed by atoms with Crippen molar-refractivity contribution in [2.24, 2.45) is 5.73 Å². The van der Waals surface area contributed by atoms with Gasteiger partial charge in [0.25, 0.3) is 0 Å². The summed E-state index contributed by atoms with van der Waals surface area (Å²) in [5.41, 5.74) is 6.26. The fourth-order valence-corrected chi connectivity index (χ4v) is 1.62. The summed E-state index contributed by atoms with van der Waals surface area (Å²) in [5.74, 6) is -0.505. The fourth-order valence-electron chi connectivity index (χ4n) is 1.62. The third-order valence-corrected chi connectivity index (χ3v) is 2.69. The number of methoxy groups -OCH3 is 1. The molecule has 0 bridgehead atoms. The van der Waals surface area contributed by atoms with Gasteiger partial charge in [-0.05, 0) is 24.9 Å². The first-order valence-electron chi connectivity index (χ1n) is 6.42. The summed E-state index contributed by atoms with van der Waals surface area (Å²) in [6, 6.07) is 8.55. The molecular weight excluding hydrogens is 260 g/mol. The number of hydrogen-bond acceptors (Lipinski definition) is 5. The summed E-state index contributed by atoms with van der Waals surface area (Å²) < 4.78 is 9.67. The number of hydrogen-bond donors (Lipinski definition) is 2. The van der Waals surface area contributed by atoms with Gasteiger partial charge in [-0.2, -0.15) is 0 Å². The van der Waals surface area contributed by atoms with Crippen LogP contribution in [0.3, 0.4) is 0 Å². The van der Waals surface area contributed by atoms with Crippen LogP contribution in [0.15, 0.2) is 30.3 Å². The van der Waals surface area contributed by atoms with Crippen LogP contribution < -0.4 is 11.1 Å². The van der Waals surface area contributed by atoms with Gasteiger partial charge in [0.05, 0.1) is 7.11 Å². The van der Waals surface area contributed by atoms with Crippen molar-refractivity contribution in [3.8, 4) is 0 Å². The maximum atomic E-state index is 11.6. The average molecular weight is 280 g/mol. The Kier molecular flexibility index (Phi) is 7.13. The summed E-state index contributed by atoms with van der Waals surface area (Å²) >= 11 is 0. The van der Waals surface area contributed by atoms with E-state index in [0.29, 0.717) is 19.4 Å².